The second-order valence-electron chi connectivity index (χ2n) is 4.34. The topological polar surface area (TPSA) is 67.8 Å². The molecule has 0 heterocycles. The summed E-state index contributed by atoms with van der Waals surface area (Å²) in [5.41, 5.74) is -0.555. The molecule has 0 radical (unpaired) electrons. The molecule has 0 bridgehead atoms. The first-order valence-electron chi connectivity index (χ1n) is 5.62. The Hall–Kier alpha value is -1.59. The minimum absolute atomic E-state index is 0.131. The van der Waals surface area contributed by atoms with Crippen LogP contribution in [0.5, 0.6) is 5.75 Å². The number of carbonyl (C=O) groups excluding carboxylic acids is 1. The predicted molar refractivity (Wildman–Crippen MR) is 67.8 cm³/mol. The van der Waals surface area contributed by atoms with Gasteiger partial charge in [-0.2, -0.15) is 0 Å². The summed E-state index contributed by atoms with van der Waals surface area (Å²) >= 11 is 0. The Morgan fingerprint density at radius 1 is 1.33 bits per heavy atom. The molecule has 5 heteroatoms. The summed E-state index contributed by atoms with van der Waals surface area (Å²) in [6, 6.07) is 6.75. The maximum atomic E-state index is 11.8. The molecule has 0 fully saturated rings. The highest BCUT2D eigenvalue weighted by Gasteiger charge is 2.21. The van der Waals surface area contributed by atoms with Crippen molar-refractivity contribution in [3.8, 4) is 5.75 Å². The molecule has 0 aliphatic rings. The highest BCUT2D eigenvalue weighted by Crippen LogP contribution is 2.11. The molecule has 100 valence electrons. The zero-order chi connectivity index (χ0) is 13.6. The van der Waals surface area contributed by atoms with Gasteiger partial charge in [0, 0.05) is 19.2 Å². The van der Waals surface area contributed by atoms with Crippen molar-refractivity contribution in [3.05, 3.63) is 29.8 Å². The molecule has 18 heavy (non-hydrogen) atoms. The fourth-order valence-electron chi connectivity index (χ4n) is 1.48. The van der Waals surface area contributed by atoms with Crippen LogP contribution in [-0.2, 0) is 4.74 Å². The fraction of sp³-hybridized carbons (Fsp3) is 0.462. The quantitative estimate of drug-likeness (QED) is 0.787. The second-order valence-corrected chi connectivity index (χ2v) is 4.34. The number of methoxy groups -OCH3 is 2. The van der Waals surface area contributed by atoms with Gasteiger partial charge in [0.15, 0.2) is 0 Å². The lowest BCUT2D eigenvalue weighted by Gasteiger charge is -2.22. The Morgan fingerprint density at radius 2 is 1.94 bits per heavy atom. The lowest BCUT2D eigenvalue weighted by atomic mass is 10.1. The predicted octanol–water partition coefficient (Wildman–Crippen LogP) is 0.822. The Kier molecular flexibility index (Phi) is 5.12. The molecule has 5 nitrogen and oxygen atoms in total. The van der Waals surface area contributed by atoms with Crippen molar-refractivity contribution in [1.29, 1.82) is 0 Å². The zero-order valence-electron chi connectivity index (χ0n) is 10.9. The van der Waals surface area contributed by atoms with Gasteiger partial charge in [-0.25, -0.2) is 0 Å². The van der Waals surface area contributed by atoms with Gasteiger partial charge in [-0.3, -0.25) is 4.79 Å². The van der Waals surface area contributed by atoms with Crippen LogP contribution in [0.2, 0.25) is 0 Å². The standard InChI is InChI=1S/C13H19NO4/c1-13(16,9-17-2)8-14-12(15)10-4-6-11(18-3)7-5-10/h4-7,16H,8-9H2,1-3H3,(H,14,15). The van der Waals surface area contributed by atoms with Crippen molar-refractivity contribution in [1.82, 2.24) is 5.32 Å². The SMILES string of the molecule is COCC(C)(O)CNC(=O)c1ccc(OC)cc1. The van der Waals surface area contributed by atoms with E-state index >= 15 is 0 Å². The van der Waals surface area contributed by atoms with Gasteiger partial charge in [0.2, 0.25) is 0 Å². The molecule has 1 aromatic rings. The fourth-order valence-corrected chi connectivity index (χ4v) is 1.48. The number of hydrogen-bond acceptors (Lipinski definition) is 4. The van der Waals surface area contributed by atoms with Crippen LogP contribution in [-0.4, -0.2) is 44.0 Å². The summed E-state index contributed by atoms with van der Waals surface area (Å²) in [7, 11) is 3.07. The molecule has 1 aromatic carbocycles. The van der Waals surface area contributed by atoms with E-state index in [1.807, 2.05) is 0 Å². The van der Waals surface area contributed by atoms with Crippen molar-refractivity contribution < 1.29 is 19.4 Å². The maximum Gasteiger partial charge on any atom is 0.251 e. The normalized spacial score (nSPS) is 13.8. The molecular weight excluding hydrogens is 234 g/mol. The van der Waals surface area contributed by atoms with Gasteiger partial charge in [-0.05, 0) is 31.2 Å². The highest BCUT2D eigenvalue weighted by molar-refractivity contribution is 5.94. The summed E-state index contributed by atoms with van der Waals surface area (Å²) in [6.45, 7) is 1.90. The van der Waals surface area contributed by atoms with E-state index in [1.54, 1.807) is 38.3 Å². The number of aliphatic hydroxyl groups is 1. The molecule has 2 N–H and O–H groups in total. The van der Waals surface area contributed by atoms with E-state index in [1.165, 1.54) is 7.11 Å². The van der Waals surface area contributed by atoms with E-state index in [0.29, 0.717) is 11.3 Å². The zero-order valence-corrected chi connectivity index (χ0v) is 10.9. The van der Waals surface area contributed by atoms with Crippen molar-refractivity contribution in [2.24, 2.45) is 0 Å². The molecule has 0 spiro atoms. The molecular formula is C13H19NO4. The van der Waals surface area contributed by atoms with Crippen LogP contribution >= 0.6 is 0 Å². The molecule has 0 saturated carbocycles. The van der Waals surface area contributed by atoms with Gasteiger partial charge in [-0.1, -0.05) is 0 Å². The van der Waals surface area contributed by atoms with E-state index in [0.717, 1.165) is 0 Å². The van der Waals surface area contributed by atoms with Crippen LogP contribution in [0.25, 0.3) is 0 Å². The molecule has 0 aliphatic carbocycles. The van der Waals surface area contributed by atoms with Crippen LogP contribution in [0, 0.1) is 0 Å². The summed E-state index contributed by atoms with van der Waals surface area (Å²) in [6.07, 6.45) is 0. The second kappa shape index (κ2) is 6.37. The maximum absolute atomic E-state index is 11.8. The van der Waals surface area contributed by atoms with E-state index in [2.05, 4.69) is 5.32 Å². The highest BCUT2D eigenvalue weighted by atomic mass is 16.5. The van der Waals surface area contributed by atoms with E-state index < -0.39 is 5.60 Å². The van der Waals surface area contributed by atoms with Crippen LogP contribution in [0.15, 0.2) is 24.3 Å². The van der Waals surface area contributed by atoms with Gasteiger partial charge in [0.05, 0.1) is 13.7 Å². The number of amides is 1. The molecule has 0 saturated heterocycles. The Balaban J connectivity index is 2.54. The molecule has 1 rings (SSSR count). The third-order valence-electron chi connectivity index (χ3n) is 2.44. The minimum atomic E-state index is -1.07. The first kappa shape index (κ1) is 14.5. The number of carbonyl (C=O) groups is 1. The number of benzene rings is 1. The summed E-state index contributed by atoms with van der Waals surface area (Å²) in [4.78, 5) is 11.8. The summed E-state index contributed by atoms with van der Waals surface area (Å²) < 4.78 is 9.86. The monoisotopic (exact) mass is 253 g/mol. The first-order valence-corrected chi connectivity index (χ1v) is 5.62. The number of hydrogen-bond donors (Lipinski definition) is 2. The van der Waals surface area contributed by atoms with E-state index in [-0.39, 0.29) is 19.1 Å². The smallest absolute Gasteiger partial charge is 0.251 e. The van der Waals surface area contributed by atoms with Crippen LogP contribution in [0.4, 0.5) is 0 Å². The third-order valence-corrected chi connectivity index (χ3v) is 2.44. The van der Waals surface area contributed by atoms with Crippen molar-refractivity contribution in [2.45, 2.75) is 12.5 Å². The van der Waals surface area contributed by atoms with Crippen molar-refractivity contribution in [3.63, 3.8) is 0 Å². The van der Waals surface area contributed by atoms with Crippen LogP contribution in [0.3, 0.4) is 0 Å². The minimum Gasteiger partial charge on any atom is -0.497 e. The lowest BCUT2D eigenvalue weighted by molar-refractivity contribution is -0.0147. The van der Waals surface area contributed by atoms with Crippen molar-refractivity contribution >= 4 is 5.91 Å². The van der Waals surface area contributed by atoms with Crippen LogP contribution in [0.1, 0.15) is 17.3 Å². The van der Waals surface area contributed by atoms with Gasteiger partial charge in [0.25, 0.3) is 5.91 Å². The third kappa shape index (κ3) is 4.35. The van der Waals surface area contributed by atoms with Gasteiger partial charge >= 0.3 is 0 Å². The van der Waals surface area contributed by atoms with E-state index in [9.17, 15) is 9.90 Å². The average molecular weight is 253 g/mol. The molecule has 1 unspecified atom stereocenters. The van der Waals surface area contributed by atoms with Gasteiger partial charge in [-0.15, -0.1) is 0 Å². The molecule has 1 amide bonds. The van der Waals surface area contributed by atoms with Crippen LogP contribution < -0.4 is 10.1 Å². The lowest BCUT2D eigenvalue weighted by Crippen LogP contribution is -2.43. The summed E-state index contributed by atoms with van der Waals surface area (Å²) in [5, 5.41) is 12.5. The summed E-state index contributed by atoms with van der Waals surface area (Å²) in [5.74, 6) is 0.451. The first-order chi connectivity index (χ1) is 8.48. The number of ether oxygens (including phenoxy) is 2. The number of nitrogens with one attached hydrogen (secondary N) is 1. The van der Waals surface area contributed by atoms with Crippen molar-refractivity contribution in [2.75, 3.05) is 27.4 Å². The molecule has 1 atom stereocenters. The largest absolute Gasteiger partial charge is 0.497 e. The Labute approximate surface area is 107 Å². The Bertz CT molecular complexity index is 386. The molecule has 0 aliphatic heterocycles. The number of rotatable bonds is 6. The van der Waals surface area contributed by atoms with Gasteiger partial charge in [0.1, 0.15) is 11.4 Å². The average Bonchev–Trinajstić information content (AvgIpc) is 2.36. The van der Waals surface area contributed by atoms with E-state index in [4.69, 9.17) is 9.47 Å². The molecule has 0 aromatic heterocycles. The van der Waals surface area contributed by atoms with Gasteiger partial charge < -0.3 is 19.9 Å². The Morgan fingerprint density at radius 3 is 2.44 bits per heavy atom.